The molecule has 1 unspecified atom stereocenters. The Bertz CT molecular complexity index is 450. The lowest BCUT2D eigenvalue weighted by atomic mass is 10.0. The molecule has 1 rings (SSSR count). The molecule has 1 atom stereocenters. The summed E-state index contributed by atoms with van der Waals surface area (Å²) in [6.45, 7) is 3.63. The van der Waals surface area contributed by atoms with Gasteiger partial charge in [0.15, 0.2) is 0 Å². The average molecular weight is 230 g/mol. The number of aryl methyl sites for hydroxylation is 2. The fraction of sp³-hybridized carbons (Fsp3) is 0.400. The number of aliphatic hydroxyl groups is 1. The van der Waals surface area contributed by atoms with Crippen LogP contribution in [0, 0.1) is 13.8 Å². The minimum Gasteiger partial charge on any atom is -0.387 e. The van der Waals surface area contributed by atoms with Crippen molar-refractivity contribution in [2.75, 3.05) is 5.75 Å². The second kappa shape index (κ2) is 4.30. The Hall–Kier alpha value is -0.910. The van der Waals surface area contributed by atoms with Gasteiger partial charge in [0, 0.05) is 0 Å². The van der Waals surface area contributed by atoms with Crippen LogP contribution in [0.4, 0.5) is 0 Å². The van der Waals surface area contributed by atoms with Crippen molar-refractivity contribution in [1.29, 1.82) is 0 Å². The summed E-state index contributed by atoms with van der Waals surface area (Å²) in [6, 6.07) is 5.39. The Kier molecular flexibility index (Phi) is 3.49. The van der Waals surface area contributed by atoms with Gasteiger partial charge in [-0.3, -0.25) is 4.55 Å². The molecule has 1 aromatic rings. The summed E-state index contributed by atoms with van der Waals surface area (Å²) in [5.74, 6) is -0.669. The molecule has 0 fully saturated rings. The summed E-state index contributed by atoms with van der Waals surface area (Å²) >= 11 is 0. The van der Waals surface area contributed by atoms with E-state index >= 15 is 0 Å². The zero-order chi connectivity index (χ0) is 11.6. The van der Waals surface area contributed by atoms with Gasteiger partial charge < -0.3 is 5.11 Å². The highest BCUT2D eigenvalue weighted by molar-refractivity contribution is 7.85. The molecule has 2 N–H and O–H groups in total. The van der Waals surface area contributed by atoms with Crippen molar-refractivity contribution in [3.8, 4) is 0 Å². The monoisotopic (exact) mass is 230 g/mol. The third kappa shape index (κ3) is 3.62. The molecular weight excluding hydrogens is 216 g/mol. The van der Waals surface area contributed by atoms with Crippen molar-refractivity contribution in [3.05, 3.63) is 34.9 Å². The van der Waals surface area contributed by atoms with Crippen LogP contribution in [0.15, 0.2) is 18.2 Å². The third-order valence-electron chi connectivity index (χ3n) is 2.16. The Labute approximate surface area is 89.3 Å². The zero-order valence-electron chi connectivity index (χ0n) is 8.64. The molecule has 0 saturated heterocycles. The molecule has 0 saturated carbocycles. The van der Waals surface area contributed by atoms with Gasteiger partial charge in [0.2, 0.25) is 0 Å². The Balaban J connectivity index is 3.00. The van der Waals surface area contributed by atoms with Crippen molar-refractivity contribution >= 4 is 10.1 Å². The molecule has 0 amide bonds. The highest BCUT2D eigenvalue weighted by Gasteiger charge is 2.17. The predicted octanol–water partition coefficient (Wildman–Crippen LogP) is 1.22. The van der Waals surface area contributed by atoms with Gasteiger partial charge in [-0.1, -0.05) is 23.8 Å². The second-order valence-electron chi connectivity index (χ2n) is 3.62. The first-order chi connectivity index (χ1) is 6.79. The van der Waals surface area contributed by atoms with E-state index in [1.807, 2.05) is 13.0 Å². The molecule has 0 spiro atoms. The van der Waals surface area contributed by atoms with E-state index in [-0.39, 0.29) is 0 Å². The van der Waals surface area contributed by atoms with Crippen LogP contribution in [0.1, 0.15) is 22.8 Å². The summed E-state index contributed by atoms with van der Waals surface area (Å²) in [7, 11) is -4.15. The van der Waals surface area contributed by atoms with Gasteiger partial charge in [-0.25, -0.2) is 0 Å². The van der Waals surface area contributed by atoms with E-state index in [1.54, 1.807) is 19.1 Å². The van der Waals surface area contributed by atoms with E-state index in [9.17, 15) is 13.5 Å². The quantitative estimate of drug-likeness (QED) is 0.766. The molecule has 0 bridgehead atoms. The topological polar surface area (TPSA) is 74.6 Å². The summed E-state index contributed by atoms with van der Waals surface area (Å²) < 4.78 is 29.8. The van der Waals surface area contributed by atoms with Crippen LogP contribution in [-0.2, 0) is 10.1 Å². The molecule has 0 aromatic heterocycles. The van der Waals surface area contributed by atoms with Crippen LogP contribution in [0.2, 0.25) is 0 Å². The predicted molar refractivity (Wildman–Crippen MR) is 57.3 cm³/mol. The Morgan fingerprint density at radius 2 is 1.93 bits per heavy atom. The van der Waals surface area contributed by atoms with Crippen molar-refractivity contribution in [1.82, 2.24) is 0 Å². The molecule has 4 nitrogen and oxygen atoms in total. The third-order valence-corrected chi connectivity index (χ3v) is 2.90. The molecule has 1 aromatic carbocycles. The second-order valence-corrected chi connectivity index (χ2v) is 5.12. The van der Waals surface area contributed by atoms with Crippen molar-refractivity contribution in [2.24, 2.45) is 0 Å². The summed E-state index contributed by atoms with van der Waals surface area (Å²) in [4.78, 5) is 0. The van der Waals surface area contributed by atoms with Crippen LogP contribution >= 0.6 is 0 Å². The van der Waals surface area contributed by atoms with E-state index in [0.717, 1.165) is 11.1 Å². The normalized spacial score (nSPS) is 13.9. The van der Waals surface area contributed by atoms with Gasteiger partial charge in [0.1, 0.15) is 5.75 Å². The maximum atomic E-state index is 10.6. The standard InChI is InChI=1S/C10H14O4S/c1-7-3-4-8(2)9(5-7)10(11)6-15(12,13)14/h3-5,10-11H,6H2,1-2H3,(H,12,13,14). The molecule has 0 aliphatic heterocycles. The SMILES string of the molecule is Cc1ccc(C)c(C(O)CS(=O)(=O)O)c1. The molecule has 0 aliphatic carbocycles. The first kappa shape index (κ1) is 12.2. The van der Waals surface area contributed by atoms with E-state index in [2.05, 4.69) is 0 Å². The lowest BCUT2D eigenvalue weighted by molar-refractivity contribution is 0.198. The first-order valence-corrected chi connectivity index (χ1v) is 6.11. The van der Waals surface area contributed by atoms with Crippen molar-refractivity contribution in [3.63, 3.8) is 0 Å². The maximum absolute atomic E-state index is 10.6. The number of benzene rings is 1. The molecule has 5 heteroatoms. The van der Waals surface area contributed by atoms with Crippen LogP contribution in [0.5, 0.6) is 0 Å². The highest BCUT2D eigenvalue weighted by Crippen LogP contribution is 2.20. The van der Waals surface area contributed by atoms with Gasteiger partial charge >= 0.3 is 0 Å². The van der Waals surface area contributed by atoms with Crippen LogP contribution in [0.3, 0.4) is 0 Å². The summed E-state index contributed by atoms with van der Waals surface area (Å²) in [5.41, 5.74) is 2.27. The van der Waals surface area contributed by atoms with Crippen molar-refractivity contribution in [2.45, 2.75) is 20.0 Å². The van der Waals surface area contributed by atoms with Gasteiger partial charge in [0.05, 0.1) is 6.10 Å². The van der Waals surface area contributed by atoms with Crippen LogP contribution in [0.25, 0.3) is 0 Å². The minimum absolute atomic E-state index is 0.535. The van der Waals surface area contributed by atoms with Crippen LogP contribution in [-0.4, -0.2) is 23.8 Å². The summed E-state index contributed by atoms with van der Waals surface area (Å²) in [5, 5.41) is 9.62. The lowest BCUT2D eigenvalue weighted by Gasteiger charge is -2.12. The fourth-order valence-electron chi connectivity index (χ4n) is 1.41. The molecule has 0 radical (unpaired) electrons. The number of rotatable bonds is 3. The van der Waals surface area contributed by atoms with E-state index in [4.69, 9.17) is 4.55 Å². The molecule has 15 heavy (non-hydrogen) atoms. The Morgan fingerprint density at radius 1 is 1.33 bits per heavy atom. The van der Waals surface area contributed by atoms with E-state index in [1.165, 1.54) is 0 Å². The lowest BCUT2D eigenvalue weighted by Crippen LogP contribution is -2.14. The van der Waals surface area contributed by atoms with Crippen molar-refractivity contribution < 1.29 is 18.1 Å². The van der Waals surface area contributed by atoms with Gasteiger partial charge in [-0.15, -0.1) is 0 Å². The minimum atomic E-state index is -4.15. The number of hydrogen-bond donors (Lipinski definition) is 2. The average Bonchev–Trinajstić information content (AvgIpc) is 2.06. The first-order valence-electron chi connectivity index (χ1n) is 4.50. The van der Waals surface area contributed by atoms with Crippen LogP contribution < -0.4 is 0 Å². The summed E-state index contributed by atoms with van der Waals surface area (Å²) in [6.07, 6.45) is -1.18. The van der Waals surface area contributed by atoms with E-state index in [0.29, 0.717) is 5.56 Å². The zero-order valence-corrected chi connectivity index (χ0v) is 9.45. The Morgan fingerprint density at radius 3 is 2.47 bits per heavy atom. The van der Waals surface area contributed by atoms with E-state index < -0.39 is 22.0 Å². The highest BCUT2D eigenvalue weighted by atomic mass is 32.2. The maximum Gasteiger partial charge on any atom is 0.267 e. The molecule has 0 aliphatic rings. The fourth-order valence-corrected chi connectivity index (χ4v) is 1.99. The molecular formula is C10H14O4S. The molecule has 0 heterocycles. The number of aliphatic hydroxyl groups excluding tert-OH is 1. The number of hydrogen-bond acceptors (Lipinski definition) is 3. The van der Waals surface area contributed by atoms with Gasteiger partial charge in [0.25, 0.3) is 10.1 Å². The van der Waals surface area contributed by atoms with Gasteiger partial charge in [-0.05, 0) is 25.0 Å². The molecule has 84 valence electrons. The largest absolute Gasteiger partial charge is 0.387 e. The van der Waals surface area contributed by atoms with Gasteiger partial charge in [-0.2, -0.15) is 8.42 Å². The smallest absolute Gasteiger partial charge is 0.267 e.